The van der Waals surface area contributed by atoms with Crippen molar-refractivity contribution in [1.82, 2.24) is 5.32 Å². The summed E-state index contributed by atoms with van der Waals surface area (Å²) in [6.45, 7) is 3.76. The molecular formula is C19H31NO3. The van der Waals surface area contributed by atoms with Crippen molar-refractivity contribution in [3.05, 3.63) is 23.8 Å². The summed E-state index contributed by atoms with van der Waals surface area (Å²) in [4.78, 5) is 0. The van der Waals surface area contributed by atoms with Crippen LogP contribution < -0.4 is 14.8 Å². The smallest absolute Gasteiger partial charge is 0.161 e. The first-order valence-electron chi connectivity index (χ1n) is 8.94. The van der Waals surface area contributed by atoms with Gasteiger partial charge in [-0.05, 0) is 49.8 Å². The lowest BCUT2D eigenvalue weighted by Gasteiger charge is -2.26. The second-order valence-electron chi connectivity index (χ2n) is 6.43. The number of aliphatic hydroxyl groups excluding tert-OH is 1. The zero-order valence-corrected chi connectivity index (χ0v) is 14.5. The average Bonchev–Trinajstić information content (AvgIpc) is 2.58. The number of unbranched alkanes of at least 4 members (excludes halogenated alkanes) is 2. The Hall–Kier alpha value is -1.26. The van der Waals surface area contributed by atoms with Gasteiger partial charge in [-0.1, -0.05) is 25.8 Å². The second kappa shape index (κ2) is 9.78. The van der Waals surface area contributed by atoms with Gasteiger partial charge < -0.3 is 19.9 Å². The summed E-state index contributed by atoms with van der Waals surface area (Å²) in [5, 5.41) is 13.2. The molecule has 0 aromatic heterocycles. The molecule has 0 bridgehead atoms. The molecule has 1 aromatic carbocycles. The molecule has 4 nitrogen and oxygen atoms in total. The summed E-state index contributed by atoms with van der Waals surface area (Å²) in [5.41, 5.74) is 1.21. The Morgan fingerprint density at radius 2 is 1.91 bits per heavy atom. The van der Waals surface area contributed by atoms with Crippen molar-refractivity contribution in [2.75, 3.05) is 13.7 Å². The van der Waals surface area contributed by atoms with Crippen molar-refractivity contribution in [1.29, 1.82) is 0 Å². The van der Waals surface area contributed by atoms with Crippen LogP contribution in [0, 0.1) is 0 Å². The van der Waals surface area contributed by atoms with E-state index in [1.807, 2.05) is 6.07 Å². The van der Waals surface area contributed by atoms with Gasteiger partial charge in [-0.15, -0.1) is 0 Å². The number of methoxy groups -OCH3 is 1. The van der Waals surface area contributed by atoms with Gasteiger partial charge in [-0.3, -0.25) is 0 Å². The summed E-state index contributed by atoms with van der Waals surface area (Å²) in [6.07, 6.45) is 7.29. The Balaban J connectivity index is 1.86. The topological polar surface area (TPSA) is 50.7 Å². The van der Waals surface area contributed by atoms with Gasteiger partial charge in [0.2, 0.25) is 0 Å². The summed E-state index contributed by atoms with van der Waals surface area (Å²) >= 11 is 0. The lowest BCUT2D eigenvalue weighted by atomic mass is 9.93. The van der Waals surface area contributed by atoms with Crippen molar-refractivity contribution in [2.45, 2.75) is 70.6 Å². The minimum absolute atomic E-state index is 0.0999. The SMILES string of the molecule is CCCCCOc1cc(CNC2CCC(O)CC2)ccc1OC. The van der Waals surface area contributed by atoms with E-state index in [2.05, 4.69) is 24.4 Å². The third-order valence-electron chi connectivity index (χ3n) is 4.53. The molecule has 1 aliphatic carbocycles. The Morgan fingerprint density at radius 3 is 2.61 bits per heavy atom. The van der Waals surface area contributed by atoms with Crippen LogP contribution in [-0.2, 0) is 6.54 Å². The highest BCUT2D eigenvalue weighted by Crippen LogP contribution is 2.28. The first-order valence-corrected chi connectivity index (χ1v) is 8.94. The van der Waals surface area contributed by atoms with Crippen LogP contribution in [0.2, 0.25) is 0 Å². The molecular weight excluding hydrogens is 290 g/mol. The fourth-order valence-corrected chi connectivity index (χ4v) is 3.02. The summed E-state index contributed by atoms with van der Waals surface area (Å²) in [6, 6.07) is 6.66. The second-order valence-corrected chi connectivity index (χ2v) is 6.43. The molecule has 0 unspecified atom stereocenters. The minimum atomic E-state index is -0.0999. The predicted molar refractivity (Wildman–Crippen MR) is 93.1 cm³/mol. The van der Waals surface area contributed by atoms with Crippen LogP contribution in [0.1, 0.15) is 57.4 Å². The van der Waals surface area contributed by atoms with Crippen LogP contribution in [-0.4, -0.2) is 31.0 Å². The van der Waals surface area contributed by atoms with Gasteiger partial charge in [-0.2, -0.15) is 0 Å². The first-order chi connectivity index (χ1) is 11.2. The lowest BCUT2D eigenvalue weighted by molar-refractivity contribution is 0.116. The minimum Gasteiger partial charge on any atom is -0.493 e. The maximum atomic E-state index is 9.57. The van der Waals surface area contributed by atoms with E-state index >= 15 is 0 Å². The fourth-order valence-electron chi connectivity index (χ4n) is 3.02. The number of hydrogen-bond acceptors (Lipinski definition) is 4. The highest BCUT2D eigenvalue weighted by molar-refractivity contribution is 5.43. The molecule has 0 aliphatic heterocycles. The summed E-state index contributed by atoms with van der Waals surface area (Å²) in [5.74, 6) is 1.63. The maximum absolute atomic E-state index is 9.57. The molecule has 23 heavy (non-hydrogen) atoms. The molecule has 0 saturated heterocycles. The number of nitrogens with one attached hydrogen (secondary N) is 1. The van der Waals surface area contributed by atoms with Crippen LogP contribution >= 0.6 is 0 Å². The van der Waals surface area contributed by atoms with Gasteiger partial charge in [0.15, 0.2) is 11.5 Å². The van der Waals surface area contributed by atoms with Crippen LogP contribution in [0.5, 0.6) is 11.5 Å². The molecule has 0 atom stereocenters. The largest absolute Gasteiger partial charge is 0.493 e. The molecule has 1 aromatic rings. The van der Waals surface area contributed by atoms with E-state index in [0.29, 0.717) is 6.04 Å². The van der Waals surface area contributed by atoms with E-state index in [-0.39, 0.29) is 6.10 Å². The van der Waals surface area contributed by atoms with Crippen molar-refractivity contribution in [2.24, 2.45) is 0 Å². The zero-order valence-electron chi connectivity index (χ0n) is 14.5. The Labute approximate surface area is 140 Å². The number of hydrogen-bond donors (Lipinski definition) is 2. The Bertz CT molecular complexity index is 456. The number of rotatable bonds is 9. The molecule has 0 heterocycles. The van der Waals surface area contributed by atoms with E-state index in [9.17, 15) is 5.11 Å². The van der Waals surface area contributed by atoms with Crippen LogP contribution in [0.25, 0.3) is 0 Å². The van der Waals surface area contributed by atoms with Crippen molar-refractivity contribution in [3.8, 4) is 11.5 Å². The lowest BCUT2D eigenvalue weighted by Crippen LogP contribution is -2.34. The summed E-state index contributed by atoms with van der Waals surface area (Å²) < 4.78 is 11.3. The molecule has 0 radical (unpaired) electrons. The van der Waals surface area contributed by atoms with Gasteiger partial charge >= 0.3 is 0 Å². The molecule has 0 amide bonds. The van der Waals surface area contributed by atoms with E-state index in [1.54, 1.807) is 7.11 Å². The predicted octanol–water partition coefficient (Wildman–Crippen LogP) is 3.66. The van der Waals surface area contributed by atoms with E-state index in [0.717, 1.165) is 56.8 Å². The molecule has 2 N–H and O–H groups in total. The van der Waals surface area contributed by atoms with Crippen molar-refractivity contribution in [3.63, 3.8) is 0 Å². The van der Waals surface area contributed by atoms with Gasteiger partial charge in [0.05, 0.1) is 19.8 Å². The first kappa shape index (κ1) is 18.1. The van der Waals surface area contributed by atoms with Crippen LogP contribution in [0.4, 0.5) is 0 Å². The number of benzene rings is 1. The van der Waals surface area contributed by atoms with Crippen molar-refractivity contribution < 1.29 is 14.6 Å². The third kappa shape index (κ3) is 6.04. The zero-order chi connectivity index (χ0) is 16.5. The van der Waals surface area contributed by atoms with Gasteiger partial charge in [0.25, 0.3) is 0 Å². The molecule has 130 valence electrons. The molecule has 4 heteroatoms. The average molecular weight is 321 g/mol. The van der Waals surface area contributed by atoms with E-state index in [1.165, 1.54) is 18.4 Å². The Kier molecular flexibility index (Phi) is 7.69. The quantitative estimate of drug-likeness (QED) is 0.682. The van der Waals surface area contributed by atoms with Gasteiger partial charge in [0, 0.05) is 12.6 Å². The molecule has 1 fully saturated rings. The summed E-state index contributed by atoms with van der Waals surface area (Å²) in [7, 11) is 1.68. The Morgan fingerprint density at radius 1 is 1.13 bits per heavy atom. The van der Waals surface area contributed by atoms with E-state index in [4.69, 9.17) is 9.47 Å². The van der Waals surface area contributed by atoms with Gasteiger partial charge in [-0.25, -0.2) is 0 Å². The monoisotopic (exact) mass is 321 g/mol. The van der Waals surface area contributed by atoms with E-state index < -0.39 is 0 Å². The van der Waals surface area contributed by atoms with Crippen LogP contribution in [0.3, 0.4) is 0 Å². The standard InChI is InChI=1S/C19H31NO3/c1-3-4-5-12-23-19-13-15(6-11-18(19)22-2)14-20-16-7-9-17(21)10-8-16/h6,11,13,16-17,20-21H,3-5,7-10,12,14H2,1-2H3. The molecule has 1 saturated carbocycles. The fraction of sp³-hybridized carbons (Fsp3) is 0.684. The maximum Gasteiger partial charge on any atom is 0.161 e. The number of ether oxygens (including phenoxy) is 2. The number of aliphatic hydroxyl groups is 1. The van der Waals surface area contributed by atoms with Gasteiger partial charge in [0.1, 0.15) is 0 Å². The highest BCUT2D eigenvalue weighted by atomic mass is 16.5. The highest BCUT2D eigenvalue weighted by Gasteiger charge is 2.18. The molecule has 1 aliphatic rings. The van der Waals surface area contributed by atoms with Crippen LogP contribution in [0.15, 0.2) is 18.2 Å². The normalized spacial score (nSPS) is 21.2. The molecule has 0 spiro atoms. The third-order valence-corrected chi connectivity index (χ3v) is 4.53. The van der Waals surface area contributed by atoms with Crippen molar-refractivity contribution >= 4 is 0 Å². The molecule has 2 rings (SSSR count).